The van der Waals surface area contributed by atoms with E-state index in [-0.39, 0.29) is 17.3 Å². The molecule has 1 aliphatic rings. The van der Waals surface area contributed by atoms with E-state index in [4.69, 9.17) is 0 Å². The van der Waals surface area contributed by atoms with E-state index in [9.17, 15) is 14.9 Å². The number of carbonyl (C=O) groups excluding carboxylic acids is 1. The monoisotopic (exact) mass is 406 g/mol. The van der Waals surface area contributed by atoms with Crippen molar-refractivity contribution in [2.75, 3.05) is 18.0 Å². The van der Waals surface area contributed by atoms with Gasteiger partial charge >= 0.3 is 0 Å². The second kappa shape index (κ2) is 8.73. The van der Waals surface area contributed by atoms with E-state index in [2.05, 4.69) is 20.3 Å². The number of nitrogens with one attached hydrogen (secondary N) is 1. The standard InChI is InChI=1S/C21H22N6O3/c28-21(19-9-12-26(24-19)17-5-4-6-18(13-17)27(29)30)23-15-16-7-8-20(22-14-16)25-10-2-1-3-11-25/h4-9,12-14H,1-3,10-11,15H2,(H,23,28). The predicted molar refractivity (Wildman–Crippen MR) is 112 cm³/mol. The third-order valence-corrected chi connectivity index (χ3v) is 5.07. The lowest BCUT2D eigenvalue weighted by Gasteiger charge is -2.27. The van der Waals surface area contributed by atoms with Crippen molar-refractivity contribution in [2.45, 2.75) is 25.8 Å². The van der Waals surface area contributed by atoms with Gasteiger partial charge in [0.25, 0.3) is 11.6 Å². The Morgan fingerprint density at radius 2 is 1.97 bits per heavy atom. The number of amides is 1. The highest BCUT2D eigenvalue weighted by Crippen LogP contribution is 2.18. The lowest BCUT2D eigenvalue weighted by atomic mass is 10.1. The minimum Gasteiger partial charge on any atom is -0.357 e. The molecule has 0 spiro atoms. The lowest BCUT2D eigenvalue weighted by Crippen LogP contribution is -2.30. The number of carbonyl (C=O) groups is 1. The van der Waals surface area contributed by atoms with Crippen LogP contribution in [0, 0.1) is 10.1 Å². The van der Waals surface area contributed by atoms with Crippen molar-refractivity contribution >= 4 is 17.4 Å². The summed E-state index contributed by atoms with van der Waals surface area (Å²) in [6, 6.07) is 11.6. The van der Waals surface area contributed by atoms with Crippen molar-refractivity contribution in [3.05, 3.63) is 76.2 Å². The molecule has 0 aliphatic carbocycles. The Morgan fingerprint density at radius 3 is 2.70 bits per heavy atom. The molecule has 3 heterocycles. The summed E-state index contributed by atoms with van der Waals surface area (Å²) in [5.74, 6) is 0.653. The smallest absolute Gasteiger partial charge is 0.272 e. The van der Waals surface area contributed by atoms with Crippen LogP contribution in [0.4, 0.5) is 11.5 Å². The van der Waals surface area contributed by atoms with Gasteiger partial charge in [-0.2, -0.15) is 5.10 Å². The minimum atomic E-state index is -0.467. The van der Waals surface area contributed by atoms with E-state index in [0.717, 1.165) is 24.5 Å². The summed E-state index contributed by atoms with van der Waals surface area (Å²) < 4.78 is 1.44. The fraction of sp³-hybridized carbons (Fsp3) is 0.286. The zero-order valence-corrected chi connectivity index (χ0v) is 16.4. The molecule has 9 heteroatoms. The fourth-order valence-electron chi connectivity index (χ4n) is 3.44. The molecule has 1 amide bonds. The maximum Gasteiger partial charge on any atom is 0.272 e. The van der Waals surface area contributed by atoms with Crippen LogP contribution in [0.25, 0.3) is 5.69 Å². The summed E-state index contributed by atoms with van der Waals surface area (Å²) in [7, 11) is 0. The molecule has 0 unspecified atom stereocenters. The van der Waals surface area contributed by atoms with Gasteiger partial charge in [0, 0.05) is 44.2 Å². The number of rotatable bonds is 6. The molecule has 4 rings (SSSR count). The summed E-state index contributed by atoms with van der Waals surface area (Å²) >= 11 is 0. The summed E-state index contributed by atoms with van der Waals surface area (Å²) in [5, 5.41) is 18.0. The second-order valence-electron chi connectivity index (χ2n) is 7.18. The van der Waals surface area contributed by atoms with Gasteiger partial charge < -0.3 is 10.2 Å². The number of hydrogen-bond donors (Lipinski definition) is 1. The maximum atomic E-state index is 12.4. The first-order chi connectivity index (χ1) is 14.6. The van der Waals surface area contributed by atoms with E-state index >= 15 is 0 Å². The van der Waals surface area contributed by atoms with Gasteiger partial charge in [-0.1, -0.05) is 12.1 Å². The summed E-state index contributed by atoms with van der Waals surface area (Å²) in [6.07, 6.45) is 7.05. The number of nitrogens with zero attached hydrogens (tertiary/aromatic N) is 5. The molecule has 1 fully saturated rings. The van der Waals surface area contributed by atoms with Gasteiger partial charge in [-0.05, 0) is 43.0 Å². The van der Waals surface area contributed by atoms with Crippen LogP contribution in [0.1, 0.15) is 35.3 Å². The first kappa shape index (κ1) is 19.6. The molecule has 0 bridgehead atoms. The third-order valence-electron chi connectivity index (χ3n) is 5.07. The fourth-order valence-corrected chi connectivity index (χ4v) is 3.44. The normalized spacial score (nSPS) is 13.8. The van der Waals surface area contributed by atoms with Crippen LogP contribution in [-0.4, -0.2) is 38.7 Å². The van der Waals surface area contributed by atoms with Crippen LogP contribution < -0.4 is 10.2 Å². The van der Waals surface area contributed by atoms with Crippen molar-refractivity contribution < 1.29 is 9.72 Å². The topological polar surface area (TPSA) is 106 Å². The Hall–Kier alpha value is -3.75. The van der Waals surface area contributed by atoms with Gasteiger partial charge in [-0.3, -0.25) is 14.9 Å². The molecule has 154 valence electrons. The van der Waals surface area contributed by atoms with E-state index in [1.165, 1.54) is 36.1 Å². The van der Waals surface area contributed by atoms with E-state index in [1.807, 2.05) is 12.1 Å². The van der Waals surface area contributed by atoms with Crippen LogP contribution in [-0.2, 0) is 6.54 Å². The molecular weight excluding hydrogens is 384 g/mol. The lowest BCUT2D eigenvalue weighted by molar-refractivity contribution is -0.384. The van der Waals surface area contributed by atoms with Gasteiger partial charge in [0.05, 0.1) is 10.6 Å². The zero-order valence-electron chi connectivity index (χ0n) is 16.4. The van der Waals surface area contributed by atoms with Crippen LogP contribution in [0.15, 0.2) is 54.9 Å². The van der Waals surface area contributed by atoms with Crippen LogP contribution in [0.3, 0.4) is 0 Å². The summed E-state index contributed by atoms with van der Waals surface area (Å²) in [6.45, 7) is 2.42. The third kappa shape index (κ3) is 4.45. The van der Waals surface area contributed by atoms with E-state index < -0.39 is 4.92 Å². The predicted octanol–water partition coefficient (Wildman–Crippen LogP) is 3.10. The quantitative estimate of drug-likeness (QED) is 0.498. The van der Waals surface area contributed by atoms with Crippen molar-refractivity contribution in [3.63, 3.8) is 0 Å². The number of piperidine rings is 1. The number of non-ortho nitro benzene ring substituents is 1. The molecule has 1 aliphatic heterocycles. The number of pyridine rings is 1. The van der Waals surface area contributed by atoms with Gasteiger partial charge in [0.15, 0.2) is 5.69 Å². The van der Waals surface area contributed by atoms with E-state index in [1.54, 1.807) is 30.6 Å². The Morgan fingerprint density at radius 1 is 1.13 bits per heavy atom. The van der Waals surface area contributed by atoms with Gasteiger partial charge in [-0.15, -0.1) is 0 Å². The highest BCUT2D eigenvalue weighted by atomic mass is 16.6. The molecule has 9 nitrogen and oxygen atoms in total. The van der Waals surface area contributed by atoms with Crippen molar-refractivity contribution in [3.8, 4) is 5.69 Å². The Balaban J connectivity index is 1.37. The number of benzene rings is 1. The number of hydrogen-bond acceptors (Lipinski definition) is 6. The van der Waals surface area contributed by atoms with Gasteiger partial charge in [0.1, 0.15) is 5.82 Å². The second-order valence-corrected chi connectivity index (χ2v) is 7.18. The van der Waals surface area contributed by atoms with Crippen LogP contribution >= 0.6 is 0 Å². The minimum absolute atomic E-state index is 0.0329. The molecule has 3 aromatic rings. The molecule has 30 heavy (non-hydrogen) atoms. The summed E-state index contributed by atoms with van der Waals surface area (Å²) in [5.41, 5.74) is 1.62. The molecule has 0 saturated carbocycles. The molecule has 1 N–H and O–H groups in total. The Kier molecular flexibility index (Phi) is 5.69. The first-order valence-electron chi connectivity index (χ1n) is 9.89. The highest BCUT2D eigenvalue weighted by molar-refractivity contribution is 5.92. The summed E-state index contributed by atoms with van der Waals surface area (Å²) in [4.78, 5) is 29.7. The van der Waals surface area contributed by atoms with Gasteiger partial charge in [-0.25, -0.2) is 9.67 Å². The van der Waals surface area contributed by atoms with Crippen molar-refractivity contribution in [2.24, 2.45) is 0 Å². The molecule has 0 atom stereocenters. The van der Waals surface area contributed by atoms with Crippen LogP contribution in [0.2, 0.25) is 0 Å². The van der Waals surface area contributed by atoms with Crippen LogP contribution in [0.5, 0.6) is 0 Å². The molecule has 2 aromatic heterocycles. The maximum absolute atomic E-state index is 12.4. The largest absolute Gasteiger partial charge is 0.357 e. The SMILES string of the molecule is O=C(NCc1ccc(N2CCCCC2)nc1)c1ccn(-c2cccc([N+](=O)[O-])c2)n1. The molecule has 1 saturated heterocycles. The van der Waals surface area contributed by atoms with Gasteiger partial charge in [0.2, 0.25) is 0 Å². The van der Waals surface area contributed by atoms with Crippen molar-refractivity contribution in [1.29, 1.82) is 0 Å². The average Bonchev–Trinajstić information content (AvgIpc) is 3.29. The number of nitro groups is 1. The Bertz CT molecular complexity index is 1040. The number of anilines is 1. The number of nitro benzene ring substituents is 1. The molecule has 0 radical (unpaired) electrons. The zero-order chi connectivity index (χ0) is 20.9. The molecule has 1 aromatic carbocycles. The van der Waals surface area contributed by atoms with E-state index in [0.29, 0.717) is 12.2 Å². The Labute approximate surface area is 173 Å². The van der Waals surface area contributed by atoms with Crippen molar-refractivity contribution in [1.82, 2.24) is 20.1 Å². The first-order valence-corrected chi connectivity index (χ1v) is 9.89. The number of aromatic nitrogens is 3. The molecular formula is C21H22N6O3. The highest BCUT2D eigenvalue weighted by Gasteiger charge is 2.14. The average molecular weight is 406 g/mol.